The molecule has 0 spiro atoms. The molecule has 2 aromatic carbocycles. The van der Waals surface area contributed by atoms with Gasteiger partial charge in [0.05, 0.1) is 23.4 Å². The van der Waals surface area contributed by atoms with Crippen molar-refractivity contribution < 1.29 is 9.53 Å². The molecule has 0 saturated carbocycles. The Balaban J connectivity index is 2.04. The van der Waals surface area contributed by atoms with Crippen LogP contribution in [0.25, 0.3) is 22.0 Å². The van der Waals surface area contributed by atoms with Crippen LogP contribution in [0, 0.1) is 5.92 Å². The van der Waals surface area contributed by atoms with E-state index >= 15 is 0 Å². The lowest BCUT2D eigenvalue weighted by molar-refractivity contribution is 0.100. The first-order valence-electron chi connectivity index (χ1n) is 10.1. The van der Waals surface area contributed by atoms with Crippen LogP contribution < -0.4 is 11.1 Å². The molecule has 152 valence electrons. The molecule has 0 saturated heterocycles. The molecule has 3 rings (SSSR count). The van der Waals surface area contributed by atoms with Gasteiger partial charge in [0.1, 0.15) is 0 Å². The summed E-state index contributed by atoms with van der Waals surface area (Å²) in [4.78, 5) is 16.5. The van der Waals surface area contributed by atoms with Crippen molar-refractivity contribution in [2.24, 2.45) is 11.7 Å². The maximum absolute atomic E-state index is 12.0. The maximum atomic E-state index is 12.0. The molecule has 3 N–H and O–H groups in total. The molecular formula is C24H29N3O2. The van der Waals surface area contributed by atoms with E-state index in [0.29, 0.717) is 18.1 Å². The fourth-order valence-electron chi connectivity index (χ4n) is 3.53. The van der Waals surface area contributed by atoms with E-state index in [1.54, 1.807) is 13.3 Å². The lowest BCUT2D eigenvalue weighted by atomic mass is 9.99. The van der Waals surface area contributed by atoms with Crippen LogP contribution in [-0.4, -0.2) is 24.5 Å². The molecular weight excluding hydrogens is 362 g/mol. The summed E-state index contributed by atoms with van der Waals surface area (Å²) in [6, 6.07) is 14.4. The Morgan fingerprint density at radius 1 is 1.10 bits per heavy atom. The lowest BCUT2D eigenvalue weighted by Gasteiger charge is -2.18. The number of nitrogens with one attached hydrogen (secondary N) is 1. The van der Waals surface area contributed by atoms with E-state index in [-0.39, 0.29) is 0 Å². The van der Waals surface area contributed by atoms with E-state index in [2.05, 4.69) is 60.5 Å². The largest absolute Gasteiger partial charge is 0.384 e. The molecule has 0 fully saturated rings. The number of hydrogen-bond acceptors (Lipinski definition) is 4. The van der Waals surface area contributed by atoms with Crippen molar-refractivity contribution in [1.82, 2.24) is 4.98 Å². The van der Waals surface area contributed by atoms with Crippen molar-refractivity contribution >= 4 is 22.5 Å². The van der Waals surface area contributed by atoms with Gasteiger partial charge >= 0.3 is 0 Å². The van der Waals surface area contributed by atoms with Crippen molar-refractivity contribution in [2.75, 3.05) is 19.0 Å². The number of carbonyl (C=O) groups excluding carboxylic acids is 1. The highest BCUT2D eigenvalue weighted by Gasteiger charge is 2.15. The molecule has 0 aliphatic rings. The minimum absolute atomic E-state index is 0.427. The van der Waals surface area contributed by atoms with E-state index in [0.717, 1.165) is 52.7 Å². The molecule has 5 heteroatoms. The molecule has 0 aliphatic heterocycles. The Morgan fingerprint density at radius 3 is 2.41 bits per heavy atom. The summed E-state index contributed by atoms with van der Waals surface area (Å²) < 4.78 is 5.19. The van der Waals surface area contributed by atoms with Gasteiger partial charge in [0.2, 0.25) is 0 Å². The minimum atomic E-state index is -0.472. The highest BCUT2D eigenvalue weighted by atomic mass is 16.5. The van der Waals surface area contributed by atoms with Crippen molar-refractivity contribution in [3.8, 4) is 11.1 Å². The highest BCUT2D eigenvalue weighted by Crippen LogP contribution is 2.31. The van der Waals surface area contributed by atoms with E-state index < -0.39 is 5.91 Å². The van der Waals surface area contributed by atoms with E-state index in [9.17, 15) is 4.79 Å². The summed E-state index contributed by atoms with van der Waals surface area (Å²) in [5.41, 5.74) is 11.0. The van der Waals surface area contributed by atoms with Gasteiger partial charge in [-0.3, -0.25) is 9.78 Å². The quantitative estimate of drug-likeness (QED) is 0.538. The van der Waals surface area contributed by atoms with E-state index in [1.165, 1.54) is 0 Å². The number of primary amides is 1. The number of nitrogens with two attached hydrogens (primary N) is 1. The number of benzene rings is 2. The van der Waals surface area contributed by atoms with Gasteiger partial charge in [-0.1, -0.05) is 57.0 Å². The van der Waals surface area contributed by atoms with Gasteiger partial charge in [-0.15, -0.1) is 0 Å². The van der Waals surface area contributed by atoms with Gasteiger partial charge in [-0.25, -0.2) is 0 Å². The van der Waals surface area contributed by atoms with Crippen molar-refractivity contribution in [1.29, 1.82) is 0 Å². The first-order chi connectivity index (χ1) is 14.1. The van der Waals surface area contributed by atoms with Gasteiger partial charge in [0.15, 0.2) is 0 Å². The van der Waals surface area contributed by atoms with Gasteiger partial charge in [0.25, 0.3) is 5.91 Å². The van der Waals surface area contributed by atoms with Crippen LogP contribution in [0.1, 0.15) is 42.6 Å². The van der Waals surface area contributed by atoms with Gasteiger partial charge in [0, 0.05) is 25.2 Å². The third-order valence-electron chi connectivity index (χ3n) is 5.45. The molecule has 0 radical (unpaired) electrons. The minimum Gasteiger partial charge on any atom is -0.384 e. The van der Waals surface area contributed by atoms with E-state index in [4.69, 9.17) is 10.5 Å². The number of pyridine rings is 1. The number of anilines is 1. The summed E-state index contributed by atoms with van der Waals surface area (Å²) in [5.74, 6) is 0.0659. The maximum Gasteiger partial charge on any atom is 0.252 e. The zero-order valence-electron chi connectivity index (χ0n) is 17.4. The van der Waals surface area contributed by atoms with Crippen LogP contribution in [0.3, 0.4) is 0 Å². The molecule has 1 heterocycles. The van der Waals surface area contributed by atoms with Crippen LogP contribution in [0.15, 0.2) is 48.7 Å². The molecule has 0 unspecified atom stereocenters. The molecule has 0 aliphatic carbocycles. The predicted molar refractivity (Wildman–Crippen MR) is 119 cm³/mol. The first-order valence-corrected chi connectivity index (χ1v) is 10.1. The third kappa shape index (κ3) is 4.74. The Labute approximate surface area is 172 Å². The Hall–Kier alpha value is -2.92. The fraction of sp³-hybridized carbons (Fsp3) is 0.333. The van der Waals surface area contributed by atoms with Gasteiger partial charge in [-0.05, 0) is 34.7 Å². The lowest BCUT2D eigenvalue weighted by Crippen LogP contribution is -2.18. The van der Waals surface area contributed by atoms with Crippen LogP contribution >= 0.6 is 0 Å². The number of nitrogens with zero attached hydrogens (tertiary/aromatic N) is 1. The number of hydrogen-bond donors (Lipinski definition) is 2. The number of ether oxygens (including phenoxy) is 1. The third-order valence-corrected chi connectivity index (χ3v) is 5.45. The van der Waals surface area contributed by atoms with Crippen molar-refractivity contribution in [3.63, 3.8) is 0 Å². The summed E-state index contributed by atoms with van der Waals surface area (Å²) in [7, 11) is 1.69. The molecule has 0 bridgehead atoms. The highest BCUT2D eigenvalue weighted by molar-refractivity contribution is 6.07. The molecule has 5 nitrogen and oxygen atoms in total. The Bertz CT molecular complexity index is 979. The second kappa shape index (κ2) is 9.52. The number of methoxy groups -OCH3 is 1. The summed E-state index contributed by atoms with van der Waals surface area (Å²) in [6.07, 6.45) is 3.73. The number of amides is 1. The molecule has 1 amide bonds. The number of aromatic nitrogens is 1. The number of carbonyl (C=O) groups is 1. The number of rotatable bonds is 9. The average Bonchev–Trinajstić information content (AvgIpc) is 2.74. The molecule has 29 heavy (non-hydrogen) atoms. The Kier molecular flexibility index (Phi) is 6.83. The van der Waals surface area contributed by atoms with Crippen LogP contribution in [0.5, 0.6) is 0 Å². The standard InChI is InChI=1S/C24H29N3O2/c1-4-16(5-2)13-27-23-20-12-19(18-8-6-17(7-9-18)15-29-3)10-11-22(20)26-14-21(23)24(25)28/h6-12,14,16H,4-5,13,15H2,1-3H3,(H2,25,28)(H,26,27). The van der Waals surface area contributed by atoms with Crippen molar-refractivity contribution in [2.45, 2.75) is 33.3 Å². The summed E-state index contributed by atoms with van der Waals surface area (Å²) in [6.45, 7) is 5.75. The smallest absolute Gasteiger partial charge is 0.252 e. The fourth-order valence-corrected chi connectivity index (χ4v) is 3.53. The normalized spacial score (nSPS) is 11.2. The van der Waals surface area contributed by atoms with Crippen LogP contribution in [-0.2, 0) is 11.3 Å². The zero-order valence-corrected chi connectivity index (χ0v) is 17.4. The predicted octanol–water partition coefficient (Wildman–Crippen LogP) is 5.00. The zero-order chi connectivity index (χ0) is 20.8. The molecule has 1 aromatic heterocycles. The number of fused-ring (bicyclic) bond motifs is 1. The second-order valence-corrected chi connectivity index (χ2v) is 7.34. The van der Waals surface area contributed by atoms with Crippen LogP contribution in [0.2, 0.25) is 0 Å². The first kappa shape index (κ1) is 20.8. The van der Waals surface area contributed by atoms with Crippen LogP contribution in [0.4, 0.5) is 5.69 Å². The molecule has 0 atom stereocenters. The Morgan fingerprint density at radius 2 is 1.79 bits per heavy atom. The summed E-state index contributed by atoms with van der Waals surface area (Å²) >= 11 is 0. The van der Waals surface area contributed by atoms with Gasteiger partial charge in [-0.2, -0.15) is 0 Å². The second-order valence-electron chi connectivity index (χ2n) is 7.34. The molecule has 3 aromatic rings. The van der Waals surface area contributed by atoms with E-state index in [1.807, 2.05) is 6.07 Å². The van der Waals surface area contributed by atoms with Gasteiger partial charge < -0.3 is 15.8 Å². The topological polar surface area (TPSA) is 77.2 Å². The SMILES string of the molecule is CCC(CC)CNc1c(C(N)=O)cnc2ccc(-c3ccc(COC)cc3)cc12. The monoisotopic (exact) mass is 391 g/mol. The average molecular weight is 392 g/mol. The van der Waals surface area contributed by atoms with Crippen molar-refractivity contribution in [3.05, 3.63) is 59.8 Å². The summed E-state index contributed by atoms with van der Waals surface area (Å²) in [5, 5.41) is 4.39.